The summed E-state index contributed by atoms with van der Waals surface area (Å²) in [5.41, 5.74) is 1.93. The Morgan fingerprint density at radius 3 is 2.29 bits per heavy atom. The Hall–Kier alpha value is -0.510. The maximum absolute atomic E-state index is 13.7. The number of hydrogen-bond acceptors (Lipinski definition) is 1. The van der Waals surface area contributed by atoms with Gasteiger partial charge in [-0.2, -0.15) is 0 Å². The predicted molar refractivity (Wildman–Crippen MR) is 89.4 cm³/mol. The van der Waals surface area contributed by atoms with Gasteiger partial charge in [0, 0.05) is 11.6 Å². The number of halogens is 5. The third-order valence-electron chi connectivity index (χ3n) is 3.30. The first-order valence-corrected chi connectivity index (χ1v) is 7.68. The van der Waals surface area contributed by atoms with Gasteiger partial charge in [-0.3, -0.25) is 0 Å². The van der Waals surface area contributed by atoms with Crippen LogP contribution in [0.5, 0.6) is 0 Å². The van der Waals surface area contributed by atoms with Crippen molar-refractivity contribution >= 4 is 46.4 Å². The normalized spacial score (nSPS) is 12.5. The maximum Gasteiger partial charge on any atom is 0.123 e. The van der Waals surface area contributed by atoms with Crippen molar-refractivity contribution in [1.82, 2.24) is 5.32 Å². The highest BCUT2D eigenvalue weighted by Crippen LogP contribution is 2.45. The zero-order valence-electron chi connectivity index (χ0n) is 11.3. The van der Waals surface area contributed by atoms with E-state index in [2.05, 4.69) is 5.32 Å². The van der Waals surface area contributed by atoms with Gasteiger partial charge in [0.05, 0.1) is 20.1 Å². The highest BCUT2D eigenvalue weighted by molar-refractivity contribution is 6.51. The van der Waals surface area contributed by atoms with Crippen LogP contribution < -0.4 is 5.32 Å². The van der Waals surface area contributed by atoms with Crippen molar-refractivity contribution in [2.24, 2.45) is 0 Å². The first kappa shape index (κ1) is 16.9. The van der Waals surface area contributed by atoms with Gasteiger partial charge >= 0.3 is 0 Å². The van der Waals surface area contributed by atoms with Crippen LogP contribution in [0.2, 0.25) is 20.1 Å². The fourth-order valence-electron chi connectivity index (χ4n) is 2.09. The Morgan fingerprint density at radius 2 is 1.67 bits per heavy atom. The summed E-state index contributed by atoms with van der Waals surface area (Å²) in [5.74, 6) is -0.379. The quantitative estimate of drug-likeness (QED) is 0.490. The first-order chi connectivity index (χ1) is 9.86. The zero-order chi connectivity index (χ0) is 15.7. The SMILES string of the molecule is CNC(C)c1ccc(F)cc1-c1c(Cl)cc(Cl)c(Cl)c1Cl. The van der Waals surface area contributed by atoms with E-state index in [1.165, 1.54) is 18.2 Å². The van der Waals surface area contributed by atoms with Crippen molar-refractivity contribution in [3.8, 4) is 11.1 Å². The fraction of sp³-hybridized carbons (Fsp3) is 0.200. The monoisotopic (exact) mass is 365 g/mol. The average molecular weight is 367 g/mol. The van der Waals surface area contributed by atoms with Crippen LogP contribution in [0.15, 0.2) is 24.3 Å². The molecule has 0 aliphatic rings. The van der Waals surface area contributed by atoms with E-state index in [1.54, 1.807) is 6.07 Å². The molecule has 2 aromatic carbocycles. The van der Waals surface area contributed by atoms with Gasteiger partial charge in [0.25, 0.3) is 0 Å². The van der Waals surface area contributed by atoms with Crippen molar-refractivity contribution in [1.29, 1.82) is 0 Å². The van der Waals surface area contributed by atoms with Gasteiger partial charge in [-0.1, -0.05) is 52.5 Å². The molecule has 0 aliphatic carbocycles. The second kappa shape index (κ2) is 6.72. The van der Waals surface area contributed by atoms with Crippen molar-refractivity contribution in [2.45, 2.75) is 13.0 Å². The first-order valence-electron chi connectivity index (χ1n) is 6.16. The molecule has 0 aromatic heterocycles. The lowest BCUT2D eigenvalue weighted by Crippen LogP contribution is -2.13. The van der Waals surface area contributed by atoms with Gasteiger partial charge in [0.15, 0.2) is 0 Å². The van der Waals surface area contributed by atoms with Gasteiger partial charge < -0.3 is 5.32 Å². The summed E-state index contributed by atoms with van der Waals surface area (Å²) in [6.45, 7) is 1.95. The molecule has 0 amide bonds. The van der Waals surface area contributed by atoms with Crippen LogP contribution in [-0.4, -0.2) is 7.05 Å². The molecular formula is C15H12Cl4FN. The lowest BCUT2D eigenvalue weighted by molar-refractivity contribution is 0.620. The molecule has 2 aromatic rings. The molecule has 6 heteroatoms. The molecule has 112 valence electrons. The van der Waals surface area contributed by atoms with E-state index in [9.17, 15) is 4.39 Å². The van der Waals surface area contributed by atoms with Crippen LogP contribution in [0.25, 0.3) is 11.1 Å². The topological polar surface area (TPSA) is 12.0 Å². The average Bonchev–Trinajstić information content (AvgIpc) is 2.44. The Morgan fingerprint density at radius 1 is 1.00 bits per heavy atom. The van der Waals surface area contributed by atoms with Crippen LogP contribution in [-0.2, 0) is 0 Å². The van der Waals surface area contributed by atoms with Crippen LogP contribution in [0, 0.1) is 5.82 Å². The Labute approximate surface area is 143 Å². The molecule has 2 rings (SSSR count). The molecule has 1 unspecified atom stereocenters. The van der Waals surface area contributed by atoms with E-state index in [4.69, 9.17) is 46.4 Å². The molecule has 0 spiro atoms. The molecule has 21 heavy (non-hydrogen) atoms. The molecule has 1 N–H and O–H groups in total. The molecule has 0 saturated heterocycles. The summed E-state index contributed by atoms with van der Waals surface area (Å²) in [4.78, 5) is 0. The number of hydrogen-bond donors (Lipinski definition) is 1. The minimum Gasteiger partial charge on any atom is -0.313 e. The van der Waals surface area contributed by atoms with Crippen molar-refractivity contribution in [3.05, 3.63) is 55.7 Å². The van der Waals surface area contributed by atoms with Crippen molar-refractivity contribution in [2.75, 3.05) is 7.05 Å². The van der Waals surface area contributed by atoms with Crippen LogP contribution >= 0.6 is 46.4 Å². The largest absolute Gasteiger partial charge is 0.313 e. The van der Waals surface area contributed by atoms with E-state index in [0.29, 0.717) is 16.1 Å². The number of nitrogens with one attached hydrogen (secondary N) is 1. The smallest absolute Gasteiger partial charge is 0.123 e. The van der Waals surface area contributed by atoms with Crippen LogP contribution in [0.1, 0.15) is 18.5 Å². The minimum absolute atomic E-state index is 0.0119. The molecule has 0 radical (unpaired) electrons. The van der Waals surface area contributed by atoms with E-state index in [1.807, 2.05) is 14.0 Å². The molecule has 0 aliphatic heterocycles. The predicted octanol–water partition coefficient (Wildman–Crippen LogP) is 6.39. The van der Waals surface area contributed by atoms with Crippen molar-refractivity contribution in [3.63, 3.8) is 0 Å². The van der Waals surface area contributed by atoms with Gasteiger partial charge in [-0.25, -0.2) is 4.39 Å². The molecule has 0 fully saturated rings. The second-order valence-corrected chi connectivity index (χ2v) is 6.16. The Bertz CT molecular complexity index is 688. The standard InChI is InChI=1S/C15H12Cl4FN/c1-7(21-2)9-4-3-8(20)5-10(9)13-11(16)6-12(17)14(18)15(13)19/h3-7,21H,1-2H3. The molecule has 1 nitrogen and oxygen atoms in total. The zero-order valence-corrected chi connectivity index (χ0v) is 14.3. The molecule has 1 atom stereocenters. The lowest BCUT2D eigenvalue weighted by atomic mass is 9.95. The van der Waals surface area contributed by atoms with Crippen LogP contribution in [0.3, 0.4) is 0 Å². The van der Waals surface area contributed by atoms with E-state index in [-0.39, 0.29) is 26.9 Å². The highest BCUT2D eigenvalue weighted by atomic mass is 35.5. The minimum atomic E-state index is -0.379. The van der Waals surface area contributed by atoms with Crippen molar-refractivity contribution < 1.29 is 4.39 Å². The Balaban J connectivity index is 2.78. The van der Waals surface area contributed by atoms with E-state index >= 15 is 0 Å². The summed E-state index contributed by atoms with van der Waals surface area (Å²) < 4.78 is 13.7. The summed E-state index contributed by atoms with van der Waals surface area (Å²) >= 11 is 24.5. The number of rotatable bonds is 3. The van der Waals surface area contributed by atoms with Gasteiger partial charge in [-0.15, -0.1) is 0 Å². The third-order valence-corrected chi connectivity index (χ3v) is 4.86. The molecule has 0 bridgehead atoms. The van der Waals surface area contributed by atoms with Gasteiger partial charge in [0.2, 0.25) is 0 Å². The molecular weight excluding hydrogens is 355 g/mol. The van der Waals surface area contributed by atoms with E-state index < -0.39 is 0 Å². The molecule has 0 heterocycles. The fourth-order valence-corrected chi connectivity index (χ4v) is 3.21. The Kier molecular flexibility index (Phi) is 5.39. The number of benzene rings is 2. The van der Waals surface area contributed by atoms with Gasteiger partial charge in [0.1, 0.15) is 5.82 Å². The summed E-state index contributed by atoms with van der Waals surface area (Å²) in [6.07, 6.45) is 0. The second-order valence-electron chi connectivity index (χ2n) is 4.59. The van der Waals surface area contributed by atoms with Gasteiger partial charge in [-0.05, 0) is 43.3 Å². The highest BCUT2D eigenvalue weighted by Gasteiger charge is 2.20. The third kappa shape index (κ3) is 3.30. The molecule has 0 saturated carbocycles. The summed E-state index contributed by atoms with van der Waals surface area (Å²) in [5, 5.41) is 4.10. The summed E-state index contributed by atoms with van der Waals surface area (Å²) in [7, 11) is 1.82. The summed E-state index contributed by atoms with van der Waals surface area (Å²) in [6, 6.07) is 5.97. The van der Waals surface area contributed by atoms with E-state index in [0.717, 1.165) is 5.56 Å². The maximum atomic E-state index is 13.7. The lowest BCUT2D eigenvalue weighted by Gasteiger charge is -2.18. The van der Waals surface area contributed by atoms with Crippen LogP contribution in [0.4, 0.5) is 4.39 Å².